The summed E-state index contributed by atoms with van der Waals surface area (Å²) in [6.45, 7) is 14.0. The van der Waals surface area contributed by atoms with Crippen molar-refractivity contribution >= 4 is 0 Å². The van der Waals surface area contributed by atoms with E-state index in [4.69, 9.17) is 9.84 Å². The highest BCUT2D eigenvalue weighted by Gasteiger charge is 2.64. The Kier molecular flexibility index (Phi) is 8.83. The number of hydrogen-bond acceptors (Lipinski definition) is 3. The minimum Gasteiger partial charge on any atom is -0.400 e. The molecule has 0 aromatic heterocycles. The van der Waals surface area contributed by atoms with Crippen molar-refractivity contribution in [3.63, 3.8) is 0 Å². The molecule has 192 valence electrons. The Morgan fingerprint density at radius 3 is 2.15 bits per heavy atom. The minimum atomic E-state index is -0.0541. The van der Waals surface area contributed by atoms with Gasteiger partial charge in [-0.25, -0.2) is 0 Å². The molecule has 10 unspecified atom stereocenters. The smallest absolute Gasteiger partial charge is 0.0568 e. The van der Waals surface area contributed by atoms with Crippen molar-refractivity contribution in [2.24, 2.45) is 51.8 Å². The van der Waals surface area contributed by atoms with Crippen LogP contribution < -0.4 is 0 Å². The molecule has 5 aliphatic carbocycles. The number of hydrogen-bond donors (Lipinski definition) is 2. The van der Waals surface area contributed by atoms with Crippen LogP contribution in [0.5, 0.6) is 0 Å². The topological polar surface area (TPSA) is 49.7 Å². The Hall–Kier alpha value is -0.380. The molecule has 5 fully saturated rings. The summed E-state index contributed by atoms with van der Waals surface area (Å²) in [5, 5.41) is 17.5. The number of aliphatic hydroxyl groups excluding tert-OH is 2. The first kappa shape index (κ1) is 27.2. The quantitative estimate of drug-likeness (QED) is 0.440. The van der Waals surface area contributed by atoms with Gasteiger partial charge in [0.05, 0.1) is 12.7 Å². The van der Waals surface area contributed by atoms with Gasteiger partial charge in [-0.05, 0) is 123 Å². The van der Waals surface area contributed by atoms with Crippen LogP contribution in [0, 0.1) is 51.8 Å². The molecule has 0 aliphatic heterocycles. The van der Waals surface area contributed by atoms with Gasteiger partial charge in [-0.1, -0.05) is 33.3 Å². The summed E-state index contributed by atoms with van der Waals surface area (Å²) < 4.78 is 5.78. The van der Waals surface area contributed by atoms with E-state index in [0.29, 0.717) is 22.2 Å². The second-order valence-electron chi connectivity index (χ2n) is 12.8. The van der Waals surface area contributed by atoms with Crippen LogP contribution in [0.1, 0.15) is 98.3 Å². The minimum absolute atomic E-state index is 0.0541. The third kappa shape index (κ3) is 4.38. The predicted molar refractivity (Wildman–Crippen MR) is 138 cm³/mol. The lowest BCUT2D eigenvalue weighted by Crippen LogP contribution is -2.61. The molecule has 33 heavy (non-hydrogen) atoms. The number of methoxy groups -OCH3 is 1. The highest BCUT2D eigenvalue weighted by Crippen LogP contribution is 2.71. The van der Waals surface area contributed by atoms with Gasteiger partial charge < -0.3 is 14.9 Å². The SMILES string of the molecule is C=CC.CO.COCC12CCCC1C1CCC3C4(C)CCC(O)C(C)C4CCC3(C)C1CC2. The van der Waals surface area contributed by atoms with Gasteiger partial charge in [0, 0.05) is 14.2 Å². The van der Waals surface area contributed by atoms with Gasteiger partial charge in [-0.2, -0.15) is 0 Å². The number of rotatable bonds is 2. The number of fused-ring (bicyclic) bond motifs is 7. The fraction of sp³-hybridized carbons (Fsp3) is 0.933. The van der Waals surface area contributed by atoms with Crippen molar-refractivity contribution < 1.29 is 14.9 Å². The molecule has 0 aromatic carbocycles. The zero-order chi connectivity index (χ0) is 24.4. The third-order valence-corrected chi connectivity index (χ3v) is 11.7. The highest BCUT2D eigenvalue weighted by atomic mass is 16.5. The lowest BCUT2D eigenvalue weighted by atomic mass is 9.37. The summed E-state index contributed by atoms with van der Waals surface area (Å²) in [4.78, 5) is 0. The van der Waals surface area contributed by atoms with E-state index < -0.39 is 0 Å². The van der Waals surface area contributed by atoms with E-state index in [1.807, 2.05) is 14.0 Å². The molecule has 0 bridgehead atoms. The van der Waals surface area contributed by atoms with E-state index in [9.17, 15) is 5.11 Å². The summed E-state index contributed by atoms with van der Waals surface area (Å²) in [5.74, 6) is 4.96. The van der Waals surface area contributed by atoms with Gasteiger partial charge in [0.15, 0.2) is 0 Å². The lowest BCUT2D eigenvalue weighted by molar-refractivity contribution is -0.197. The predicted octanol–water partition coefficient (Wildman–Crippen LogP) is 6.87. The van der Waals surface area contributed by atoms with Crippen molar-refractivity contribution in [3.05, 3.63) is 12.7 Å². The van der Waals surface area contributed by atoms with E-state index in [1.54, 1.807) is 6.08 Å². The van der Waals surface area contributed by atoms with E-state index in [0.717, 1.165) is 49.7 Å². The van der Waals surface area contributed by atoms with Gasteiger partial charge in [0.25, 0.3) is 0 Å². The number of aliphatic hydroxyl groups is 2. The van der Waals surface area contributed by atoms with Gasteiger partial charge in [0.1, 0.15) is 0 Å². The summed E-state index contributed by atoms with van der Waals surface area (Å²) in [5.41, 5.74) is 1.52. The van der Waals surface area contributed by atoms with Crippen LogP contribution in [0.3, 0.4) is 0 Å². The van der Waals surface area contributed by atoms with Crippen LogP contribution in [-0.4, -0.2) is 37.1 Å². The molecule has 2 N–H and O–H groups in total. The third-order valence-electron chi connectivity index (χ3n) is 11.7. The van der Waals surface area contributed by atoms with Gasteiger partial charge in [0.2, 0.25) is 0 Å². The summed E-state index contributed by atoms with van der Waals surface area (Å²) in [7, 11) is 2.93. The molecule has 0 amide bonds. The molecule has 0 radical (unpaired) electrons. The Labute approximate surface area is 204 Å². The fourth-order valence-electron chi connectivity index (χ4n) is 10.5. The molecule has 0 heterocycles. The molecule has 0 spiro atoms. The summed E-state index contributed by atoms with van der Waals surface area (Å²) in [6.07, 6.45) is 16.9. The summed E-state index contributed by atoms with van der Waals surface area (Å²) in [6, 6.07) is 0. The van der Waals surface area contributed by atoms with Crippen molar-refractivity contribution in [1.82, 2.24) is 0 Å². The fourth-order valence-corrected chi connectivity index (χ4v) is 10.5. The van der Waals surface area contributed by atoms with Crippen molar-refractivity contribution in [1.29, 1.82) is 0 Å². The monoisotopic (exact) mass is 462 g/mol. The van der Waals surface area contributed by atoms with E-state index in [-0.39, 0.29) is 6.10 Å². The van der Waals surface area contributed by atoms with Crippen molar-refractivity contribution in [2.45, 2.75) is 104 Å². The van der Waals surface area contributed by atoms with Crippen LogP contribution in [0.15, 0.2) is 12.7 Å². The zero-order valence-corrected chi connectivity index (χ0v) is 22.6. The molecule has 3 nitrogen and oxygen atoms in total. The summed E-state index contributed by atoms with van der Waals surface area (Å²) >= 11 is 0. The van der Waals surface area contributed by atoms with Crippen LogP contribution >= 0.6 is 0 Å². The maximum absolute atomic E-state index is 10.5. The molecular weight excluding hydrogens is 408 g/mol. The van der Waals surface area contributed by atoms with E-state index in [2.05, 4.69) is 27.4 Å². The molecule has 0 aromatic rings. The van der Waals surface area contributed by atoms with Crippen LogP contribution in [-0.2, 0) is 4.74 Å². The molecule has 5 aliphatic rings. The average molecular weight is 463 g/mol. The number of allylic oxidation sites excluding steroid dienone is 1. The molecule has 5 saturated carbocycles. The lowest BCUT2D eigenvalue weighted by Gasteiger charge is -2.67. The van der Waals surface area contributed by atoms with Crippen LogP contribution in [0.25, 0.3) is 0 Å². The zero-order valence-electron chi connectivity index (χ0n) is 22.6. The van der Waals surface area contributed by atoms with Crippen molar-refractivity contribution in [3.8, 4) is 0 Å². The van der Waals surface area contributed by atoms with Gasteiger partial charge in [-0.15, -0.1) is 6.58 Å². The molecule has 5 rings (SSSR count). The van der Waals surface area contributed by atoms with Gasteiger partial charge >= 0.3 is 0 Å². The molecular formula is C30H54O3. The van der Waals surface area contributed by atoms with Crippen LogP contribution in [0.2, 0.25) is 0 Å². The second kappa shape index (κ2) is 10.7. The van der Waals surface area contributed by atoms with Gasteiger partial charge in [-0.3, -0.25) is 0 Å². The number of ether oxygens (including phenoxy) is 1. The first-order chi connectivity index (χ1) is 15.8. The normalized spacial score (nSPS) is 50.1. The first-order valence-corrected chi connectivity index (χ1v) is 14.0. The van der Waals surface area contributed by atoms with E-state index >= 15 is 0 Å². The van der Waals surface area contributed by atoms with E-state index in [1.165, 1.54) is 64.2 Å². The molecule has 3 heteroatoms. The standard InChI is InChI=1S/C26H44O2.C3H6.CH4O/c1-17-19-9-13-25(3)20-10-15-26(16-28-4)12-5-6-21(26)18(20)7-8-23(25)24(19,2)14-11-22(17)27;1-3-2;1-2/h17-23,27H,5-16H2,1-4H3;3H,1H2,2H3;2H,1H3. The maximum atomic E-state index is 10.5. The molecule has 10 atom stereocenters. The Bertz CT molecular complexity index is 648. The highest BCUT2D eigenvalue weighted by molar-refractivity contribution is 5.13. The van der Waals surface area contributed by atoms with Crippen molar-refractivity contribution in [2.75, 3.05) is 20.8 Å². The van der Waals surface area contributed by atoms with Crippen LogP contribution in [0.4, 0.5) is 0 Å². The Morgan fingerprint density at radius 2 is 1.48 bits per heavy atom. The Morgan fingerprint density at radius 1 is 0.879 bits per heavy atom. The first-order valence-electron chi connectivity index (χ1n) is 14.0. The maximum Gasteiger partial charge on any atom is 0.0568 e. The largest absolute Gasteiger partial charge is 0.400 e. The molecule has 0 saturated heterocycles. The second-order valence-corrected chi connectivity index (χ2v) is 12.8. The Balaban J connectivity index is 0.000000569. The average Bonchev–Trinajstić information content (AvgIpc) is 3.23.